The van der Waals surface area contributed by atoms with E-state index in [2.05, 4.69) is 20.8 Å². The minimum atomic E-state index is -4.60. The second kappa shape index (κ2) is 11.2. The van der Waals surface area contributed by atoms with Gasteiger partial charge in [-0.2, -0.15) is 0 Å². The van der Waals surface area contributed by atoms with Crippen LogP contribution in [0.1, 0.15) is 57.9 Å². The second-order valence-corrected chi connectivity index (χ2v) is 22.6. The maximum atomic E-state index is 14.4. The quantitative estimate of drug-likeness (QED) is 0.191. The van der Waals surface area contributed by atoms with E-state index in [0.717, 1.165) is 55.4 Å². The minimum absolute atomic E-state index is 0.0363. The van der Waals surface area contributed by atoms with Gasteiger partial charge in [0.15, 0.2) is 0 Å². The van der Waals surface area contributed by atoms with Gasteiger partial charge in [-0.1, -0.05) is 0 Å². The Labute approximate surface area is 193 Å². The number of benzene rings is 1. The molecule has 30 heavy (non-hydrogen) atoms. The zero-order chi connectivity index (χ0) is 22.4. The SMILES string of the molecule is [CH2+]CC[CH2][Sn]([CH2]CCC)([CH2]CCC)[C]1=CC(c2cc(Cl)cc(Cl)c2)(C(F)(F)F)OC1. The molecule has 168 valence electrons. The van der Waals surface area contributed by atoms with Gasteiger partial charge in [0, 0.05) is 0 Å². The number of unbranched alkanes of at least 4 members (excludes halogenated alkanes) is 3. The zero-order valence-electron chi connectivity index (χ0n) is 17.9. The summed E-state index contributed by atoms with van der Waals surface area (Å²) < 4.78 is 53.1. The van der Waals surface area contributed by atoms with Gasteiger partial charge in [0.2, 0.25) is 0 Å². The van der Waals surface area contributed by atoms with Crippen molar-refractivity contribution in [2.75, 3.05) is 6.61 Å². The Bertz CT molecular complexity index is 694. The summed E-state index contributed by atoms with van der Waals surface area (Å²) in [5.74, 6) is 0. The number of ether oxygens (including phenoxy) is 1. The van der Waals surface area contributed by atoms with Crippen molar-refractivity contribution < 1.29 is 17.9 Å². The van der Waals surface area contributed by atoms with Crippen LogP contribution in [0, 0.1) is 6.92 Å². The molecule has 1 aromatic carbocycles. The van der Waals surface area contributed by atoms with Crippen molar-refractivity contribution in [2.45, 2.75) is 77.5 Å². The molecule has 1 aliphatic heterocycles. The predicted octanol–water partition coefficient (Wildman–Crippen LogP) is 8.91. The molecule has 0 N–H and O–H groups in total. The summed E-state index contributed by atoms with van der Waals surface area (Å²) in [5, 5.41) is 0.353. The fourth-order valence-electron chi connectivity index (χ4n) is 4.44. The topological polar surface area (TPSA) is 9.23 Å². The summed E-state index contributed by atoms with van der Waals surface area (Å²) in [5.41, 5.74) is -2.51. The Hall–Kier alpha value is -0.0413. The van der Waals surface area contributed by atoms with E-state index in [-0.39, 0.29) is 22.2 Å². The first-order valence-corrected chi connectivity index (χ1v) is 19.1. The summed E-state index contributed by atoms with van der Waals surface area (Å²) in [6, 6.07) is 4.09. The third-order valence-electron chi connectivity index (χ3n) is 6.15. The van der Waals surface area contributed by atoms with Gasteiger partial charge >= 0.3 is 194 Å². The number of hydrogen-bond donors (Lipinski definition) is 0. The molecule has 0 saturated carbocycles. The van der Waals surface area contributed by atoms with Crippen molar-refractivity contribution in [2.24, 2.45) is 0 Å². The first kappa shape index (κ1) is 26.2. The van der Waals surface area contributed by atoms with E-state index in [1.165, 1.54) is 24.3 Å². The second-order valence-electron chi connectivity index (χ2n) is 8.29. The Morgan fingerprint density at radius 2 is 1.53 bits per heavy atom. The first-order valence-electron chi connectivity index (χ1n) is 10.8. The monoisotopic (exact) mass is 571 g/mol. The predicted molar refractivity (Wildman–Crippen MR) is 123 cm³/mol. The number of hydrogen-bond acceptors (Lipinski definition) is 1. The average molecular weight is 571 g/mol. The van der Waals surface area contributed by atoms with Crippen molar-refractivity contribution in [3.63, 3.8) is 0 Å². The van der Waals surface area contributed by atoms with Crippen molar-refractivity contribution >= 4 is 41.6 Å². The van der Waals surface area contributed by atoms with Gasteiger partial charge in [-0.05, 0) is 0 Å². The van der Waals surface area contributed by atoms with Crippen LogP contribution >= 0.6 is 23.2 Å². The molecule has 1 nitrogen and oxygen atoms in total. The molecule has 0 amide bonds. The van der Waals surface area contributed by atoms with Crippen LogP contribution in [0.2, 0.25) is 23.4 Å². The molecule has 0 aliphatic carbocycles. The number of halogens is 5. The van der Waals surface area contributed by atoms with Crippen molar-refractivity contribution in [1.29, 1.82) is 0 Å². The van der Waals surface area contributed by atoms with Gasteiger partial charge in [-0.25, -0.2) is 0 Å². The number of alkyl halides is 3. The summed E-state index contributed by atoms with van der Waals surface area (Å²) in [6.45, 7) is 8.33. The molecule has 2 rings (SSSR count). The summed E-state index contributed by atoms with van der Waals surface area (Å²) in [6.07, 6.45) is 2.85. The van der Waals surface area contributed by atoms with Crippen LogP contribution < -0.4 is 0 Å². The van der Waals surface area contributed by atoms with Gasteiger partial charge in [0.25, 0.3) is 0 Å². The Morgan fingerprint density at radius 1 is 1.00 bits per heavy atom. The average Bonchev–Trinajstić information content (AvgIpc) is 3.14. The molecular weight excluding hydrogens is 539 g/mol. The molecule has 0 spiro atoms. The van der Waals surface area contributed by atoms with E-state index in [9.17, 15) is 13.2 Å². The van der Waals surface area contributed by atoms with Crippen LogP contribution in [0.5, 0.6) is 0 Å². The molecule has 0 radical (unpaired) electrons. The van der Waals surface area contributed by atoms with Crippen molar-refractivity contribution in [3.05, 3.63) is 50.4 Å². The molecule has 0 aromatic heterocycles. The van der Waals surface area contributed by atoms with Gasteiger partial charge in [0.05, 0.1) is 0 Å². The van der Waals surface area contributed by atoms with Crippen LogP contribution in [0.25, 0.3) is 0 Å². The molecule has 1 heterocycles. The van der Waals surface area contributed by atoms with Crippen LogP contribution in [-0.4, -0.2) is 31.2 Å². The van der Waals surface area contributed by atoms with Crippen molar-refractivity contribution in [3.8, 4) is 0 Å². The Kier molecular flexibility index (Phi) is 9.79. The summed E-state index contributed by atoms with van der Waals surface area (Å²) in [7, 11) is 0. The Balaban J connectivity index is 2.60. The van der Waals surface area contributed by atoms with E-state index < -0.39 is 30.2 Å². The van der Waals surface area contributed by atoms with Crippen LogP contribution in [0.4, 0.5) is 13.2 Å². The van der Waals surface area contributed by atoms with E-state index in [1.807, 2.05) is 0 Å². The van der Waals surface area contributed by atoms with Crippen LogP contribution in [0.3, 0.4) is 0 Å². The first-order chi connectivity index (χ1) is 14.1. The molecule has 7 heteroatoms. The standard InChI is InChI=1S/C11H6Cl2F3O.2C4H9.C4H8.Sn/c12-8-4-7(5-9(13)6-8)10(11(14,15)16)2-1-3-17-10;3*1-3-4-2;/h2,4-6H,3H2;2*1,3-4H2,2H3;1-4H2;/q;;;+1;. The molecule has 0 fully saturated rings. The van der Waals surface area contributed by atoms with E-state index >= 15 is 0 Å². The van der Waals surface area contributed by atoms with Gasteiger partial charge in [-0.3, -0.25) is 0 Å². The summed E-state index contributed by atoms with van der Waals surface area (Å²) >= 11 is 9.04. The maximum absolute atomic E-state index is 14.4. The molecule has 1 unspecified atom stereocenters. The fourth-order valence-corrected chi connectivity index (χ4v) is 20.9. The van der Waals surface area contributed by atoms with E-state index in [1.54, 1.807) is 0 Å². The molecular formula is C23H32Cl2F3OSn+. The van der Waals surface area contributed by atoms with Crippen molar-refractivity contribution in [1.82, 2.24) is 0 Å². The number of rotatable bonds is 11. The van der Waals surface area contributed by atoms with E-state index in [4.69, 9.17) is 27.9 Å². The normalized spacial score (nSPS) is 19.9. The summed E-state index contributed by atoms with van der Waals surface area (Å²) in [4.78, 5) is 0. The van der Waals surface area contributed by atoms with Crippen LogP contribution in [-0.2, 0) is 10.3 Å². The van der Waals surface area contributed by atoms with Crippen LogP contribution in [0.15, 0.2) is 27.9 Å². The zero-order valence-corrected chi connectivity index (χ0v) is 22.3. The third kappa shape index (κ3) is 5.85. The van der Waals surface area contributed by atoms with Gasteiger partial charge in [-0.15, -0.1) is 0 Å². The molecule has 1 aromatic rings. The van der Waals surface area contributed by atoms with E-state index in [0.29, 0.717) is 0 Å². The molecule has 0 saturated heterocycles. The molecule has 1 aliphatic rings. The molecule has 1 atom stereocenters. The van der Waals surface area contributed by atoms with Gasteiger partial charge < -0.3 is 0 Å². The fraction of sp³-hybridized carbons (Fsp3) is 0.609. The van der Waals surface area contributed by atoms with Gasteiger partial charge in [0.1, 0.15) is 0 Å². The Morgan fingerprint density at radius 3 is 2.00 bits per heavy atom. The third-order valence-corrected chi connectivity index (χ3v) is 22.5. The molecule has 0 bridgehead atoms.